The fraction of sp³-hybridized carbons (Fsp3) is 0.168. The van der Waals surface area contributed by atoms with E-state index >= 15 is 0 Å². The van der Waals surface area contributed by atoms with Gasteiger partial charge in [-0.1, -0.05) is 419 Å². The Hall–Kier alpha value is -14.4. The first-order chi connectivity index (χ1) is 62.7. The molecule has 0 aliphatic carbocycles. The number of hydrogen-bond acceptors (Lipinski definition) is 8. The second kappa shape index (κ2) is 64.3. The summed E-state index contributed by atoms with van der Waals surface area (Å²) in [4.78, 5) is 13.6. The Labute approximate surface area is 766 Å². The third kappa shape index (κ3) is 36.0. The Balaban J connectivity index is 0.000000308. The first-order valence-corrected chi connectivity index (χ1v) is 42.2. The van der Waals surface area contributed by atoms with Gasteiger partial charge < -0.3 is 38.1 Å². The Morgan fingerprint density at radius 3 is 1.07 bits per heavy atom. The zero-order chi connectivity index (χ0) is 92.9. The summed E-state index contributed by atoms with van der Waals surface area (Å²) in [5.74, 6) is 15.5. The maximum atomic E-state index is 12.0. The van der Waals surface area contributed by atoms with Crippen LogP contribution in [0.1, 0.15) is 105 Å². The molecule has 0 aliphatic rings. The van der Waals surface area contributed by atoms with Crippen LogP contribution in [0.3, 0.4) is 0 Å². The molecule has 3 unspecified atom stereocenters. The standard InChI is InChI=1S/2C19H18O.C18H16O.C13H15NO.C13H14O.C13H16O.2C12H14O/c1-3-15-19(20-16-4-2,17-11-7-5-8-12-17)18-13-9-6-10-14-18;1-3-5-16-20-19(4-2,17-12-8-6-9-13-17)18-14-10-7-11-15-18;1-3-15-19-18(4-2,16-11-7-5-8-12-16)17-13-9-6-10-14-17;1-3-10-14(11-4-2)13(15)12-8-6-5-7-9-12;1-4-11-14-13(3,5-2)12-9-7-6-8-10-12;1-3-8-13(14-11-4-2)12-9-6-5-7-10-12;1-3-10-13-12(4-2)11-8-6-5-7-9-11;1-3-7-11-8-5-6-9-12(11)13-10-4-2/h4-14H,2,16H2,1H3;2-3,5-15H,16H2,1H3;2-3,5-14H,1,15H2;3-9H,1-2,10-11H2;2,4,6-10H,1,11H2,3H3;3-7,9-10,13H,1-2,8,11H2;3-9,12H,1-2,10H2;3-6,8-9H,1-2,7,10H2/b;5-3+;;;;;;. The highest BCUT2D eigenvalue weighted by Gasteiger charge is 2.35. The molecular formula is C119H125NO8. The first kappa shape index (κ1) is 106. The van der Waals surface area contributed by atoms with Gasteiger partial charge in [0.2, 0.25) is 0 Å². The van der Waals surface area contributed by atoms with Crippen LogP contribution < -0.4 is 4.74 Å². The second-order valence-corrected chi connectivity index (χ2v) is 27.7. The van der Waals surface area contributed by atoms with Gasteiger partial charge in [0, 0.05) is 52.0 Å². The largest absolute Gasteiger partial charge is 0.489 e. The summed E-state index contributed by atoms with van der Waals surface area (Å²) in [6.45, 7) is 50.5. The topological polar surface area (TPSA) is 84.9 Å². The van der Waals surface area contributed by atoms with Crippen molar-refractivity contribution in [3.05, 3.63) is 540 Å². The summed E-state index contributed by atoms with van der Waals surface area (Å²) in [7, 11) is 0. The van der Waals surface area contributed by atoms with Crippen LogP contribution in [0.2, 0.25) is 0 Å². The zero-order valence-corrected chi connectivity index (χ0v) is 74.8. The predicted octanol–water partition coefficient (Wildman–Crippen LogP) is 26.9. The molecule has 0 radical (unpaired) electrons. The van der Waals surface area contributed by atoms with E-state index in [0.29, 0.717) is 64.9 Å². The van der Waals surface area contributed by atoms with Crippen LogP contribution in [0, 0.1) is 48.9 Å². The van der Waals surface area contributed by atoms with E-state index in [9.17, 15) is 4.79 Å². The van der Waals surface area contributed by atoms with Gasteiger partial charge in [-0.3, -0.25) is 4.79 Å². The summed E-state index contributed by atoms with van der Waals surface area (Å²) in [6, 6.07) is 107. The number of carbonyl (C=O) groups excluding carboxylic acids is 1. The van der Waals surface area contributed by atoms with Crippen molar-refractivity contribution in [3.8, 4) is 54.6 Å². The molecule has 0 saturated carbocycles. The normalized spacial score (nSPS) is 11.1. The van der Waals surface area contributed by atoms with Crippen molar-refractivity contribution < 1.29 is 38.0 Å². The number of ether oxygens (including phenoxy) is 7. The summed E-state index contributed by atoms with van der Waals surface area (Å²) in [5, 5.41) is 0. The Bertz CT molecular complexity index is 5090. The Kier molecular flexibility index (Phi) is 53.2. The highest BCUT2D eigenvalue weighted by atomic mass is 16.5. The Morgan fingerprint density at radius 1 is 0.367 bits per heavy atom. The van der Waals surface area contributed by atoms with Crippen molar-refractivity contribution in [1.82, 2.24) is 4.90 Å². The molecular weight excluding hydrogens is 1570 g/mol. The van der Waals surface area contributed by atoms with E-state index in [1.165, 1.54) is 11.1 Å². The van der Waals surface area contributed by atoms with Crippen molar-refractivity contribution in [2.24, 2.45) is 0 Å². The molecule has 0 aromatic heterocycles. The average molecular weight is 1700 g/mol. The molecule has 11 aromatic rings. The number of rotatable bonds is 40. The maximum absolute atomic E-state index is 12.0. The van der Waals surface area contributed by atoms with Crippen LogP contribution in [-0.2, 0) is 57.2 Å². The summed E-state index contributed by atoms with van der Waals surface area (Å²) >= 11 is 0. The van der Waals surface area contributed by atoms with E-state index in [4.69, 9.17) is 52.4 Å². The molecule has 128 heavy (non-hydrogen) atoms. The molecule has 1 amide bonds. The number of carbonyl (C=O) groups is 1. The third-order valence-electron chi connectivity index (χ3n) is 18.8. The zero-order valence-electron chi connectivity index (χ0n) is 74.8. The van der Waals surface area contributed by atoms with E-state index in [1.54, 1.807) is 59.6 Å². The molecule has 0 N–H and O–H groups in total. The number of amides is 1. The number of hydrogen-bond donors (Lipinski definition) is 0. The van der Waals surface area contributed by atoms with Gasteiger partial charge in [-0.15, -0.1) is 91.0 Å². The molecule has 0 bridgehead atoms. The van der Waals surface area contributed by atoms with Crippen LogP contribution in [0.5, 0.6) is 5.75 Å². The summed E-state index contributed by atoms with van der Waals surface area (Å²) < 4.78 is 40.3. The van der Waals surface area contributed by atoms with Crippen LogP contribution in [0.25, 0.3) is 0 Å². The van der Waals surface area contributed by atoms with Gasteiger partial charge >= 0.3 is 0 Å². The molecule has 9 nitrogen and oxygen atoms in total. The average Bonchev–Trinajstić information content (AvgIpc) is 0.794. The van der Waals surface area contributed by atoms with E-state index in [0.717, 1.165) is 63.1 Å². The monoisotopic (exact) mass is 1700 g/mol. The fourth-order valence-corrected chi connectivity index (χ4v) is 12.5. The minimum Gasteiger partial charge on any atom is -0.489 e. The van der Waals surface area contributed by atoms with Crippen molar-refractivity contribution in [2.75, 3.05) is 59.3 Å². The number of nitrogens with zero attached hydrogens (tertiary/aromatic N) is 1. The SMILES string of the molecule is C#CC(C)(OCC=C)c1ccccc1.C#CC(OC/C=C/C)(c1ccccc1)c1ccccc1.C#CC(OCC=C)(c1ccccc1)c1ccccc1.C=CCN(CC=C)C(=O)c1ccccc1.C=CCOC(C#CC)(c1ccccc1)c1ccccc1.C=CCOC(C=C)c1ccccc1.C=CCOC(CC=C)c1ccccc1.C=CCOc1ccccc1CC=C. The number of benzene rings is 11. The minimum atomic E-state index is -0.864. The molecule has 11 rings (SSSR count). The van der Waals surface area contributed by atoms with Crippen LogP contribution in [0.15, 0.2) is 479 Å². The third-order valence-corrected chi connectivity index (χ3v) is 18.8. The minimum absolute atomic E-state index is 0.00963. The van der Waals surface area contributed by atoms with Gasteiger partial charge in [0.05, 0.1) is 45.7 Å². The van der Waals surface area contributed by atoms with Gasteiger partial charge in [0.1, 0.15) is 18.5 Å². The lowest BCUT2D eigenvalue weighted by atomic mass is 9.86. The highest BCUT2D eigenvalue weighted by Crippen LogP contribution is 2.37. The van der Waals surface area contributed by atoms with Gasteiger partial charge in [0.15, 0.2) is 22.4 Å². The quantitative estimate of drug-likeness (QED) is 0.0277. The number of allylic oxidation sites excluding steroid dienone is 2. The van der Waals surface area contributed by atoms with Crippen molar-refractivity contribution >= 4 is 5.91 Å². The smallest absolute Gasteiger partial charge is 0.254 e. The van der Waals surface area contributed by atoms with E-state index in [-0.39, 0.29) is 18.1 Å². The van der Waals surface area contributed by atoms with E-state index in [2.05, 4.69) is 114 Å². The predicted molar refractivity (Wildman–Crippen MR) is 538 cm³/mol. The van der Waals surface area contributed by atoms with Gasteiger partial charge in [-0.25, -0.2) is 0 Å². The summed E-state index contributed by atoms with van der Waals surface area (Å²) in [5.41, 5.74) is 7.95. The van der Waals surface area contributed by atoms with E-state index in [1.807, 2.05) is 361 Å². The molecule has 0 saturated heterocycles. The van der Waals surface area contributed by atoms with E-state index < -0.39 is 22.4 Å². The molecule has 654 valence electrons. The van der Waals surface area contributed by atoms with Crippen LogP contribution in [0.4, 0.5) is 0 Å². The fourth-order valence-electron chi connectivity index (χ4n) is 12.5. The van der Waals surface area contributed by atoms with Crippen molar-refractivity contribution in [3.63, 3.8) is 0 Å². The van der Waals surface area contributed by atoms with Gasteiger partial charge in [-0.05, 0) is 74.1 Å². The molecule has 11 aromatic carbocycles. The lowest BCUT2D eigenvalue weighted by Gasteiger charge is -2.29. The number of para-hydroxylation sites is 1. The molecule has 9 heteroatoms. The molecule has 0 aliphatic heterocycles. The lowest BCUT2D eigenvalue weighted by molar-refractivity contribution is 0.0290. The van der Waals surface area contributed by atoms with Gasteiger partial charge in [-0.2, -0.15) is 0 Å². The molecule has 3 atom stereocenters. The number of terminal acetylenes is 3. The summed E-state index contributed by atoms with van der Waals surface area (Å²) in [6.07, 6.45) is 42.1. The molecule has 0 fully saturated rings. The van der Waals surface area contributed by atoms with Crippen LogP contribution >= 0.6 is 0 Å². The van der Waals surface area contributed by atoms with Crippen LogP contribution in [-0.4, -0.2) is 70.1 Å². The second-order valence-electron chi connectivity index (χ2n) is 27.7. The molecule has 0 heterocycles. The highest BCUT2D eigenvalue weighted by molar-refractivity contribution is 5.94. The van der Waals surface area contributed by atoms with Gasteiger partial charge in [0.25, 0.3) is 5.91 Å². The maximum Gasteiger partial charge on any atom is 0.254 e. The van der Waals surface area contributed by atoms with Crippen molar-refractivity contribution in [2.45, 2.75) is 68.2 Å². The van der Waals surface area contributed by atoms with Crippen molar-refractivity contribution in [1.29, 1.82) is 0 Å². The lowest BCUT2D eigenvalue weighted by Crippen LogP contribution is -2.31. The Morgan fingerprint density at radius 2 is 0.711 bits per heavy atom. The first-order valence-electron chi connectivity index (χ1n) is 42.2. The molecule has 0 spiro atoms.